The summed E-state index contributed by atoms with van der Waals surface area (Å²) in [6.45, 7) is 13.1. The quantitative estimate of drug-likeness (QED) is 0.450. The maximum Gasteiger partial charge on any atom is 0.309 e. The molecule has 5 atom stereocenters. The summed E-state index contributed by atoms with van der Waals surface area (Å²) in [6.07, 6.45) is 6.61. The molecule has 1 aromatic rings. The van der Waals surface area contributed by atoms with Crippen LogP contribution in [0.25, 0.3) is 0 Å². The third-order valence-corrected chi connectivity index (χ3v) is 7.28. The SMILES string of the molecule is C=C1CCC[C@@H]1[C@@H](C)C(=O)O[C@@H]1C[C@H](C)CC[C@H]1C(C)(C)c1ccccc1. The summed E-state index contributed by atoms with van der Waals surface area (Å²) in [6, 6.07) is 10.7. The molecule has 2 heteroatoms. The molecule has 0 radical (unpaired) electrons. The fourth-order valence-electron chi connectivity index (χ4n) is 5.33. The molecular formula is C25H36O2. The van der Waals surface area contributed by atoms with Gasteiger partial charge in [0.15, 0.2) is 0 Å². The monoisotopic (exact) mass is 368 g/mol. The zero-order valence-electron chi connectivity index (χ0n) is 17.5. The lowest BCUT2D eigenvalue weighted by molar-refractivity contribution is -0.162. The molecule has 27 heavy (non-hydrogen) atoms. The number of rotatable bonds is 5. The molecule has 0 aliphatic heterocycles. The van der Waals surface area contributed by atoms with Crippen LogP contribution in [0.15, 0.2) is 42.5 Å². The van der Waals surface area contributed by atoms with Crippen molar-refractivity contribution < 1.29 is 9.53 Å². The zero-order valence-corrected chi connectivity index (χ0v) is 17.5. The standard InChI is InChI=1S/C25H36O2/c1-17-14-15-22(25(4,5)20-11-7-6-8-12-20)23(16-17)27-24(26)19(3)21-13-9-10-18(21)2/h6-8,11-12,17,19,21-23H,2,9-10,13-16H2,1,3-5H3/t17-,19-,21+,22-,23-/m1/s1. The summed E-state index contributed by atoms with van der Waals surface area (Å²) in [5.74, 6) is 1.19. The molecule has 0 saturated heterocycles. The van der Waals surface area contributed by atoms with Crippen LogP contribution in [-0.2, 0) is 14.9 Å². The smallest absolute Gasteiger partial charge is 0.309 e. The van der Waals surface area contributed by atoms with Crippen molar-refractivity contribution in [2.75, 3.05) is 0 Å². The molecule has 0 aromatic heterocycles. The minimum atomic E-state index is -0.0716. The van der Waals surface area contributed by atoms with Crippen molar-refractivity contribution in [1.82, 2.24) is 0 Å². The molecule has 0 heterocycles. The molecule has 0 spiro atoms. The van der Waals surface area contributed by atoms with Crippen LogP contribution in [-0.4, -0.2) is 12.1 Å². The van der Waals surface area contributed by atoms with Gasteiger partial charge in [-0.1, -0.05) is 76.6 Å². The average molecular weight is 369 g/mol. The van der Waals surface area contributed by atoms with Crippen molar-refractivity contribution in [2.45, 2.75) is 77.7 Å². The van der Waals surface area contributed by atoms with Gasteiger partial charge >= 0.3 is 5.97 Å². The second-order valence-corrected chi connectivity index (χ2v) is 9.53. The minimum Gasteiger partial charge on any atom is -0.462 e. The molecule has 2 saturated carbocycles. The van der Waals surface area contributed by atoms with Gasteiger partial charge in [0.2, 0.25) is 0 Å². The number of hydrogen-bond acceptors (Lipinski definition) is 2. The van der Waals surface area contributed by atoms with Gasteiger partial charge in [-0.15, -0.1) is 0 Å². The number of hydrogen-bond donors (Lipinski definition) is 0. The summed E-state index contributed by atoms with van der Waals surface area (Å²) in [7, 11) is 0. The number of carbonyl (C=O) groups excluding carboxylic acids is 1. The van der Waals surface area contributed by atoms with Crippen molar-refractivity contribution in [3.8, 4) is 0 Å². The van der Waals surface area contributed by atoms with Crippen molar-refractivity contribution in [2.24, 2.45) is 23.7 Å². The highest BCUT2D eigenvalue weighted by atomic mass is 16.5. The number of carbonyl (C=O) groups is 1. The molecule has 3 rings (SSSR count). The van der Waals surface area contributed by atoms with E-state index in [4.69, 9.17) is 4.74 Å². The van der Waals surface area contributed by atoms with E-state index in [0.29, 0.717) is 17.8 Å². The van der Waals surface area contributed by atoms with E-state index in [2.05, 4.69) is 57.7 Å². The van der Waals surface area contributed by atoms with Crippen LogP contribution >= 0.6 is 0 Å². The van der Waals surface area contributed by atoms with E-state index >= 15 is 0 Å². The molecule has 2 fully saturated rings. The molecule has 1 aromatic carbocycles. The fraction of sp³-hybridized carbons (Fsp3) is 0.640. The van der Waals surface area contributed by atoms with E-state index in [0.717, 1.165) is 32.1 Å². The van der Waals surface area contributed by atoms with Gasteiger partial charge in [-0.3, -0.25) is 4.79 Å². The van der Waals surface area contributed by atoms with Gasteiger partial charge in [0, 0.05) is 5.92 Å². The molecule has 0 bridgehead atoms. The van der Waals surface area contributed by atoms with Crippen LogP contribution in [0.1, 0.15) is 71.8 Å². The lowest BCUT2D eigenvalue weighted by Crippen LogP contribution is -2.44. The zero-order chi connectivity index (χ0) is 19.6. The first-order chi connectivity index (χ1) is 12.8. The molecule has 2 aliphatic rings. The first-order valence-electron chi connectivity index (χ1n) is 10.7. The Kier molecular flexibility index (Phi) is 6.13. The molecule has 0 amide bonds. The molecule has 2 nitrogen and oxygen atoms in total. The highest BCUT2D eigenvalue weighted by molar-refractivity contribution is 5.73. The highest BCUT2D eigenvalue weighted by Gasteiger charge is 2.43. The van der Waals surface area contributed by atoms with Crippen molar-refractivity contribution in [3.05, 3.63) is 48.0 Å². The van der Waals surface area contributed by atoms with Crippen molar-refractivity contribution >= 4 is 5.97 Å². The summed E-state index contributed by atoms with van der Waals surface area (Å²) >= 11 is 0. The maximum absolute atomic E-state index is 13.0. The first kappa shape index (κ1) is 20.2. The number of ether oxygens (including phenoxy) is 1. The van der Waals surface area contributed by atoms with Gasteiger partial charge in [-0.25, -0.2) is 0 Å². The fourth-order valence-corrected chi connectivity index (χ4v) is 5.33. The summed E-state index contributed by atoms with van der Waals surface area (Å²) in [5, 5.41) is 0. The average Bonchev–Trinajstić information content (AvgIpc) is 3.07. The largest absolute Gasteiger partial charge is 0.462 e. The van der Waals surface area contributed by atoms with Gasteiger partial charge in [0.05, 0.1) is 5.92 Å². The second kappa shape index (κ2) is 8.20. The Morgan fingerprint density at radius 2 is 1.89 bits per heavy atom. The second-order valence-electron chi connectivity index (χ2n) is 9.53. The van der Waals surface area contributed by atoms with E-state index in [1.807, 2.05) is 6.92 Å². The van der Waals surface area contributed by atoms with Gasteiger partial charge in [-0.05, 0) is 54.9 Å². The van der Waals surface area contributed by atoms with E-state index in [1.54, 1.807) is 0 Å². The topological polar surface area (TPSA) is 26.3 Å². The van der Waals surface area contributed by atoms with Crippen LogP contribution < -0.4 is 0 Å². The normalized spacial score (nSPS) is 30.1. The minimum absolute atomic E-state index is 0.00740. The summed E-state index contributed by atoms with van der Waals surface area (Å²) < 4.78 is 6.22. The van der Waals surface area contributed by atoms with Gasteiger partial charge in [0.1, 0.15) is 6.10 Å². The molecule has 2 aliphatic carbocycles. The molecule has 0 N–H and O–H groups in total. The van der Waals surface area contributed by atoms with Gasteiger partial charge in [0.25, 0.3) is 0 Å². The summed E-state index contributed by atoms with van der Waals surface area (Å²) in [4.78, 5) is 13.0. The molecule has 0 unspecified atom stereocenters. The number of benzene rings is 1. The van der Waals surface area contributed by atoms with E-state index < -0.39 is 0 Å². The number of esters is 1. The Hall–Kier alpha value is -1.57. The highest BCUT2D eigenvalue weighted by Crippen LogP contribution is 2.44. The van der Waals surface area contributed by atoms with Crippen LogP contribution in [0.3, 0.4) is 0 Å². The Balaban J connectivity index is 1.76. The molecule has 148 valence electrons. The Morgan fingerprint density at radius 1 is 1.19 bits per heavy atom. The van der Waals surface area contributed by atoms with Crippen LogP contribution in [0.4, 0.5) is 0 Å². The van der Waals surface area contributed by atoms with E-state index in [-0.39, 0.29) is 23.4 Å². The van der Waals surface area contributed by atoms with Gasteiger partial charge < -0.3 is 4.74 Å². The predicted molar refractivity (Wildman–Crippen MR) is 111 cm³/mol. The van der Waals surface area contributed by atoms with E-state index in [9.17, 15) is 4.79 Å². The van der Waals surface area contributed by atoms with Crippen molar-refractivity contribution in [3.63, 3.8) is 0 Å². The number of allylic oxidation sites excluding steroid dienone is 1. The lowest BCUT2D eigenvalue weighted by atomic mass is 9.64. The van der Waals surface area contributed by atoms with Crippen LogP contribution in [0.2, 0.25) is 0 Å². The lowest BCUT2D eigenvalue weighted by Gasteiger charge is -2.44. The first-order valence-corrected chi connectivity index (χ1v) is 10.7. The Labute approximate surface area is 165 Å². The Bertz CT molecular complexity index is 660. The van der Waals surface area contributed by atoms with Gasteiger partial charge in [-0.2, -0.15) is 0 Å². The predicted octanol–water partition coefficient (Wildman–Crippen LogP) is 6.30. The third kappa shape index (κ3) is 4.31. The Morgan fingerprint density at radius 3 is 2.52 bits per heavy atom. The summed E-state index contributed by atoms with van der Waals surface area (Å²) in [5.41, 5.74) is 2.56. The van der Waals surface area contributed by atoms with Crippen LogP contribution in [0, 0.1) is 23.7 Å². The third-order valence-electron chi connectivity index (χ3n) is 7.28. The van der Waals surface area contributed by atoms with Crippen molar-refractivity contribution in [1.29, 1.82) is 0 Å². The molecular weight excluding hydrogens is 332 g/mol. The van der Waals surface area contributed by atoms with Crippen LogP contribution in [0.5, 0.6) is 0 Å². The van der Waals surface area contributed by atoms with E-state index in [1.165, 1.54) is 17.6 Å². The maximum atomic E-state index is 13.0.